The molecule has 0 aliphatic heterocycles. The first-order chi connectivity index (χ1) is 13.1. The average molecular weight is 368 g/mol. The van der Waals surface area contributed by atoms with Gasteiger partial charge in [-0.3, -0.25) is 4.79 Å². The number of benzene rings is 1. The molecule has 0 aliphatic rings. The van der Waals surface area contributed by atoms with Gasteiger partial charge in [0.05, 0.1) is 5.52 Å². The van der Waals surface area contributed by atoms with Crippen LogP contribution in [0.15, 0.2) is 48.7 Å². The lowest BCUT2D eigenvalue weighted by Crippen LogP contribution is -2.33. The third kappa shape index (κ3) is 5.21. The highest BCUT2D eigenvalue weighted by Crippen LogP contribution is 2.14. The summed E-state index contributed by atoms with van der Waals surface area (Å²) in [5, 5.41) is 6.95. The van der Waals surface area contributed by atoms with Gasteiger partial charge in [0.25, 0.3) is 11.9 Å². The molecule has 0 saturated carbocycles. The fourth-order valence-electron chi connectivity index (χ4n) is 2.56. The molecule has 7 heteroatoms. The second-order valence-electron chi connectivity index (χ2n) is 6.04. The number of aryl methyl sites for hydroxylation is 1. The molecule has 0 radical (unpaired) electrons. The van der Waals surface area contributed by atoms with E-state index in [1.165, 1.54) is 12.3 Å². The fourth-order valence-corrected chi connectivity index (χ4v) is 2.56. The number of nitrogens with zero attached hydrogens (tertiary/aromatic N) is 2. The first-order valence-electron chi connectivity index (χ1n) is 8.73. The highest BCUT2D eigenvalue weighted by molar-refractivity contribution is 5.94. The highest BCUT2D eigenvalue weighted by atomic mass is 19.1. The lowest BCUT2D eigenvalue weighted by Gasteiger charge is -2.09. The van der Waals surface area contributed by atoms with Gasteiger partial charge in [0.15, 0.2) is 5.75 Å². The fraction of sp³-hybridized carbons (Fsp3) is 0.250. The van der Waals surface area contributed by atoms with Gasteiger partial charge in [-0.2, -0.15) is 4.39 Å². The molecule has 6 nitrogen and oxygen atoms in total. The number of rotatable bonds is 8. The van der Waals surface area contributed by atoms with Crippen LogP contribution in [0.1, 0.15) is 16.1 Å². The Hall–Kier alpha value is -3.06. The van der Waals surface area contributed by atoms with Gasteiger partial charge in [-0.1, -0.05) is 17.7 Å². The molecule has 140 valence electrons. The third-order valence-corrected chi connectivity index (χ3v) is 3.93. The van der Waals surface area contributed by atoms with Gasteiger partial charge in [-0.15, -0.1) is 0 Å². The number of carbonyl (C=O) groups is 1. The van der Waals surface area contributed by atoms with E-state index < -0.39 is 5.95 Å². The standard InChI is InChI=1S/C20H21FN4O2/c1-14-4-6-16-15(13-14)5-7-17(25-16)20(26)24-10-9-22-11-12-27-18-3-2-8-23-19(18)21/h2-8,13,22H,9-12H2,1H3,(H,24,26). The van der Waals surface area contributed by atoms with E-state index in [-0.39, 0.29) is 11.7 Å². The summed E-state index contributed by atoms with van der Waals surface area (Å²) in [5.74, 6) is -0.707. The third-order valence-electron chi connectivity index (χ3n) is 3.93. The van der Waals surface area contributed by atoms with Gasteiger partial charge in [-0.05, 0) is 37.3 Å². The topological polar surface area (TPSA) is 76.1 Å². The number of hydrogen-bond donors (Lipinski definition) is 2. The molecule has 0 bridgehead atoms. The molecule has 2 heterocycles. The van der Waals surface area contributed by atoms with Crippen LogP contribution in [0.3, 0.4) is 0 Å². The van der Waals surface area contributed by atoms with Crippen molar-refractivity contribution in [2.24, 2.45) is 0 Å². The van der Waals surface area contributed by atoms with E-state index in [0.29, 0.717) is 31.9 Å². The van der Waals surface area contributed by atoms with E-state index in [1.807, 2.05) is 31.2 Å². The monoisotopic (exact) mass is 368 g/mol. The second kappa shape index (κ2) is 9.05. The van der Waals surface area contributed by atoms with E-state index in [0.717, 1.165) is 16.5 Å². The molecule has 0 fully saturated rings. The summed E-state index contributed by atoms with van der Waals surface area (Å²) in [7, 11) is 0. The molecule has 0 aliphatic carbocycles. The molecular formula is C20H21FN4O2. The van der Waals surface area contributed by atoms with Crippen molar-refractivity contribution in [1.82, 2.24) is 20.6 Å². The van der Waals surface area contributed by atoms with Crippen LogP contribution in [-0.2, 0) is 0 Å². The first kappa shape index (κ1) is 18.7. The largest absolute Gasteiger partial charge is 0.487 e. The molecule has 3 rings (SSSR count). The molecule has 0 atom stereocenters. The second-order valence-corrected chi connectivity index (χ2v) is 6.04. The summed E-state index contributed by atoms with van der Waals surface area (Å²) >= 11 is 0. The van der Waals surface area contributed by atoms with Gasteiger partial charge in [-0.25, -0.2) is 9.97 Å². The predicted molar refractivity (Wildman–Crippen MR) is 101 cm³/mol. The minimum Gasteiger partial charge on any atom is -0.487 e. The summed E-state index contributed by atoms with van der Waals surface area (Å²) < 4.78 is 18.6. The van der Waals surface area contributed by atoms with Crippen LogP contribution < -0.4 is 15.4 Å². The number of amides is 1. The number of halogens is 1. The first-order valence-corrected chi connectivity index (χ1v) is 8.73. The molecule has 27 heavy (non-hydrogen) atoms. The maximum Gasteiger partial charge on any atom is 0.269 e. The van der Waals surface area contributed by atoms with Crippen molar-refractivity contribution < 1.29 is 13.9 Å². The highest BCUT2D eigenvalue weighted by Gasteiger charge is 2.07. The Morgan fingerprint density at radius 1 is 1.15 bits per heavy atom. The number of pyridine rings is 2. The van der Waals surface area contributed by atoms with Crippen LogP contribution in [0.25, 0.3) is 10.9 Å². The minimum atomic E-state index is -0.622. The summed E-state index contributed by atoms with van der Waals surface area (Å²) in [6.45, 7) is 3.87. The number of fused-ring (bicyclic) bond motifs is 1. The Morgan fingerprint density at radius 2 is 2.04 bits per heavy atom. The van der Waals surface area contributed by atoms with Crippen LogP contribution in [0.2, 0.25) is 0 Å². The molecule has 3 aromatic rings. The van der Waals surface area contributed by atoms with Crippen molar-refractivity contribution >= 4 is 16.8 Å². The predicted octanol–water partition coefficient (Wildman–Crippen LogP) is 2.48. The van der Waals surface area contributed by atoms with E-state index in [1.54, 1.807) is 12.1 Å². The molecule has 1 aromatic carbocycles. The van der Waals surface area contributed by atoms with Gasteiger partial charge in [0, 0.05) is 31.2 Å². The van der Waals surface area contributed by atoms with Crippen molar-refractivity contribution in [3.8, 4) is 5.75 Å². The van der Waals surface area contributed by atoms with E-state index >= 15 is 0 Å². The molecule has 2 N–H and O–H groups in total. The normalized spacial score (nSPS) is 10.7. The Balaban J connectivity index is 1.37. The Kier molecular flexibility index (Phi) is 6.27. The number of aromatic nitrogens is 2. The minimum absolute atomic E-state index is 0.130. The smallest absolute Gasteiger partial charge is 0.269 e. The molecular weight excluding hydrogens is 347 g/mol. The van der Waals surface area contributed by atoms with Crippen molar-refractivity contribution in [3.05, 3.63) is 65.9 Å². The van der Waals surface area contributed by atoms with Gasteiger partial charge in [0.2, 0.25) is 0 Å². The summed E-state index contributed by atoms with van der Waals surface area (Å²) in [5.41, 5.74) is 2.34. The summed E-state index contributed by atoms with van der Waals surface area (Å²) in [4.78, 5) is 20.1. The average Bonchev–Trinajstić information content (AvgIpc) is 2.68. The van der Waals surface area contributed by atoms with E-state index in [2.05, 4.69) is 20.6 Å². The molecule has 0 unspecified atom stereocenters. The number of carbonyl (C=O) groups excluding carboxylic acids is 1. The Labute approximate surface area is 156 Å². The lowest BCUT2D eigenvalue weighted by molar-refractivity contribution is 0.0949. The van der Waals surface area contributed by atoms with Crippen LogP contribution in [0, 0.1) is 12.9 Å². The maximum atomic E-state index is 13.3. The molecule has 0 saturated heterocycles. The van der Waals surface area contributed by atoms with Crippen molar-refractivity contribution in [1.29, 1.82) is 0 Å². The number of nitrogens with one attached hydrogen (secondary N) is 2. The van der Waals surface area contributed by atoms with Crippen LogP contribution in [0.4, 0.5) is 4.39 Å². The Morgan fingerprint density at radius 3 is 2.89 bits per heavy atom. The number of ether oxygens (including phenoxy) is 1. The van der Waals surface area contributed by atoms with Gasteiger partial charge < -0.3 is 15.4 Å². The maximum absolute atomic E-state index is 13.3. The van der Waals surface area contributed by atoms with Crippen LogP contribution in [-0.4, -0.2) is 42.1 Å². The zero-order chi connectivity index (χ0) is 19.1. The molecule has 1 amide bonds. The van der Waals surface area contributed by atoms with Crippen molar-refractivity contribution in [3.63, 3.8) is 0 Å². The van der Waals surface area contributed by atoms with Crippen LogP contribution >= 0.6 is 0 Å². The molecule has 2 aromatic heterocycles. The zero-order valence-corrected chi connectivity index (χ0v) is 15.0. The van der Waals surface area contributed by atoms with Gasteiger partial charge >= 0.3 is 0 Å². The van der Waals surface area contributed by atoms with Crippen LogP contribution in [0.5, 0.6) is 5.75 Å². The lowest BCUT2D eigenvalue weighted by atomic mass is 10.1. The Bertz CT molecular complexity index is 933. The van der Waals surface area contributed by atoms with E-state index in [9.17, 15) is 9.18 Å². The number of hydrogen-bond acceptors (Lipinski definition) is 5. The van der Waals surface area contributed by atoms with Crippen molar-refractivity contribution in [2.45, 2.75) is 6.92 Å². The van der Waals surface area contributed by atoms with Crippen molar-refractivity contribution in [2.75, 3.05) is 26.2 Å². The zero-order valence-electron chi connectivity index (χ0n) is 15.0. The van der Waals surface area contributed by atoms with Gasteiger partial charge in [0.1, 0.15) is 12.3 Å². The summed E-state index contributed by atoms with van der Waals surface area (Å²) in [6, 6.07) is 12.7. The summed E-state index contributed by atoms with van der Waals surface area (Å²) in [6.07, 6.45) is 1.37. The molecule has 0 spiro atoms. The SMILES string of the molecule is Cc1ccc2nc(C(=O)NCCNCCOc3cccnc3F)ccc2c1. The van der Waals surface area contributed by atoms with E-state index in [4.69, 9.17) is 4.74 Å². The quantitative estimate of drug-likeness (QED) is 0.472.